The van der Waals surface area contributed by atoms with Crippen molar-refractivity contribution in [1.29, 1.82) is 0 Å². The molecule has 0 heterocycles. The Morgan fingerprint density at radius 3 is 0.744 bits per heavy atom. The van der Waals surface area contributed by atoms with Crippen molar-refractivity contribution in [1.82, 2.24) is 0 Å². The molecule has 6 nitrogen and oxygen atoms in total. The Morgan fingerprint density at radius 1 is 0.256 bits per heavy atom. The highest BCUT2D eigenvalue weighted by molar-refractivity contribution is 5.71. The van der Waals surface area contributed by atoms with Gasteiger partial charge in [-0.25, -0.2) is 0 Å². The van der Waals surface area contributed by atoms with Crippen LogP contribution in [0.25, 0.3) is 0 Å². The highest BCUT2D eigenvalue weighted by atomic mass is 16.6. The SMILES string of the molecule is CCCCC/C=C\C/C=C\CCCCCCCC(=O)OC(COC(=O)CCCCCCC/C=C\CCCCCCC)COC(=O)CCCCCCCCCCCCCCCCCCCCC/C=C\CCCCCCCCCC. The summed E-state index contributed by atoms with van der Waals surface area (Å²) in [7, 11) is 0. The minimum Gasteiger partial charge on any atom is -0.462 e. The molecule has 78 heavy (non-hydrogen) atoms. The molecule has 0 aliphatic heterocycles. The Bertz CT molecular complexity index is 1350. The Kier molecular flexibility index (Phi) is 64.6. The van der Waals surface area contributed by atoms with Crippen LogP contribution < -0.4 is 0 Å². The molecule has 0 bridgehead atoms. The lowest BCUT2D eigenvalue weighted by atomic mass is 10.0. The minimum atomic E-state index is -0.783. The van der Waals surface area contributed by atoms with E-state index in [1.165, 1.54) is 244 Å². The molecule has 1 unspecified atom stereocenters. The average Bonchev–Trinajstić information content (AvgIpc) is 3.44. The van der Waals surface area contributed by atoms with Crippen LogP contribution in [0.5, 0.6) is 0 Å². The van der Waals surface area contributed by atoms with Gasteiger partial charge in [0.15, 0.2) is 6.10 Å². The molecule has 0 N–H and O–H groups in total. The Morgan fingerprint density at radius 2 is 0.462 bits per heavy atom. The summed E-state index contributed by atoms with van der Waals surface area (Å²) in [6, 6.07) is 0. The fourth-order valence-corrected chi connectivity index (χ4v) is 10.3. The maximum absolute atomic E-state index is 12.9. The van der Waals surface area contributed by atoms with Crippen LogP contribution in [0.15, 0.2) is 48.6 Å². The predicted molar refractivity (Wildman–Crippen MR) is 339 cm³/mol. The van der Waals surface area contributed by atoms with E-state index in [1.54, 1.807) is 0 Å². The number of carbonyl (C=O) groups is 3. The number of hydrogen-bond acceptors (Lipinski definition) is 6. The van der Waals surface area contributed by atoms with Gasteiger partial charge in [-0.2, -0.15) is 0 Å². The molecule has 6 heteroatoms. The summed E-state index contributed by atoms with van der Waals surface area (Å²) in [5.41, 5.74) is 0. The van der Waals surface area contributed by atoms with Crippen LogP contribution in [0.1, 0.15) is 374 Å². The van der Waals surface area contributed by atoms with E-state index in [-0.39, 0.29) is 31.1 Å². The van der Waals surface area contributed by atoms with Gasteiger partial charge in [0.2, 0.25) is 0 Å². The molecule has 456 valence electrons. The normalized spacial score (nSPS) is 12.3. The summed E-state index contributed by atoms with van der Waals surface area (Å²) < 4.78 is 16.9. The number of esters is 3. The van der Waals surface area contributed by atoms with E-state index in [0.717, 1.165) is 89.9 Å². The molecular weight excluding hydrogens is 961 g/mol. The number of unbranched alkanes of at least 4 members (excludes halogenated alkanes) is 45. The molecule has 0 amide bonds. The van der Waals surface area contributed by atoms with E-state index in [0.29, 0.717) is 19.3 Å². The first-order valence-electron chi connectivity index (χ1n) is 34.6. The standard InChI is InChI=1S/C72H132O6/c1-4-7-10-13-16-19-22-25-28-29-30-31-32-33-34-35-36-37-38-39-40-41-42-43-45-47-50-53-56-59-62-65-71(74)77-68-69(67-76-70(73)64-61-58-55-52-49-46-27-24-21-18-15-12-9-6-3)78-72(75)66-63-60-57-54-51-48-44-26-23-20-17-14-11-8-5-2/h17,20,24,26-27,29-30,44,69H,4-16,18-19,21-23,25,28,31-43,45-68H2,1-3H3/b20-17-,27-24-,30-29-,44-26-. The van der Waals surface area contributed by atoms with Crippen molar-refractivity contribution < 1.29 is 28.6 Å². The topological polar surface area (TPSA) is 78.9 Å². The van der Waals surface area contributed by atoms with Crippen LogP contribution in [0.2, 0.25) is 0 Å². The van der Waals surface area contributed by atoms with Crippen molar-refractivity contribution in [3.05, 3.63) is 48.6 Å². The van der Waals surface area contributed by atoms with Gasteiger partial charge in [-0.3, -0.25) is 14.4 Å². The Labute approximate surface area is 486 Å². The van der Waals surface area contributed by atoms with Crippen molar-refractivity contribution in [2.45, 2.75) is 380 Å². The highest BCUT2D eigenvalue weighted by Crippen LogP contribution is 2.18. The van der Waals surface area contributed by atoms with Crippen molar-refractivity contribution in [2.75, 3.05) is 13.2 Å². The van der Waals surface area contributed by atoms with E-state index in [4.69, 9.17) is 14.2 Å². The third-order valence-electron chi connectivity index (χ3n) is 15.5. The van der Waals surface area contributed by atoms with E-state index < -0.39 is 6.10 Å². The van der Waals surface area contributed by atoms with E-state index >= 15 is 0 Å². The zero-order chi connectivity index (χ0) is 56.4. The zero-order valence-corrected chi connectivity index (χ0v) is 52.5. The molecule has 1 atom stereocenters. The summed E-state index contributed by atoms with van der Waals surface area (Å²) in [6.45, 7) is 6.64. The second-order valence-electron chi connectivity index (χ2n) is 23.4. The van der Waals surface area contributed by atoms with Gasteiger partial charge < -0.3 is 14.2 Å². The van der Waals surface area contributed by atoms with Crippen molar-refractivity contribution in [2.24, 2.45) is 0 Å². The molecule has 0 aromatic carbocycles. The summed E-state index contributed by atoms with van der Waals surface area (Å²) in [4.78, 5) is 38.3. The number of ether oxygens (including phenoxy) is 3. The van der Waals surface area contributed by atoms with Crippen LogP contribution in [0.3, 0.4) is 0 Å². The first-order valence-corrected chi connectivity index (χ1v) is 34.6. The van der Waals surface area contributed by atoms with Crippen LogP contribution in [-0.4, -0.2) is 37.2 Å². The van der Waals surface area contributed by atoms with Crippen LogP contribution in [0.4, 0.5) is 0 Å². The van der Waals surface area contributed by atoms with Gasteiger partial charge >= 0.3 is 17.9 Å². The Hall–Kier alpha value is -2.63. The Balaban J connectivity index is 4.15. The van der Waals surface area contributed by atoms with Crippen molar-refractivity contribution in [3.63, 3.8) is 0 Å². The number of allylic oxidation sites excluding steroid dienone is 8. The van der Waals surface area contributed by atoms with Gasteiger partial charge in [0.25, 0.3) is 0 Å². The quantitative estimate of drug-likeness (QED) is 0.0261. The summed E-state index contributed by atoms with van der Waals surface area (Å²) >= 11 is 0. The zero-order valence-electron chi connectivity index (χ0n) is 52.5. The third kappa shape index (κ3) is 64.2. The monoisotopic (exact) mass is 1090 g/mol. The largest absolute Gasteiger partial charge is 0.462 e. The average molecular weight is 1090 g/mol. The molecule has 0 saturated heterocycles. The lowest BCUT2D eigenvalue weighted by Gasteiger charge is -2.18. The molecule has 0 aliphatic rings. The fraction of sp³-hybridized carbons (Fsp3) is 0.847. The maximum atomic E-state index is 12.9. The van der Waals surface area contributed by atoms with Crippen molar-refractivity contribution in [3.8, 4) is 0 Å². The molecule has 0 saturated carbocycles. The van der Waals surface area contributed by atoms with Gasteiger partial charge in [-0.1, -0.05) is 301 Å². The van der Waals surface area contributed by atoms with Crippen molar-refractivity contribution >= 4 is 17.9 Å². The van der Waals surface area contributed by atoms with E-state index in [2.05, 4.69) is 69.4 Å². The fourth-order valence-electron chi connectivity index (χ4n) is 10.3. The van der Waals surface area contributed by atoms with Gasteiger partial charge in [0, 0.05) is 19.3 Å². The second-order valence-corrected chi connectivity index (χ2v) is 23.4. The van der Waals surface area contributed by atoms with Crippen LogP contribution >= 0.6 is 0 Å². The molecule has 0 aromatic heterocycles. The molecule has 0 radical (unpaired) electrons. The smallest absolute Gasteiger partial charge is 0.306 e. The van der Waals surface area contributed by atoms with Gasteiger partial charge in [0.05, 0.1) is 0 Å². The molecule has 0 aromatic rings. The predicted octanol–water partition coefficient (Wildman–Crippen LogP) is 23.7. The van der Waals surface area contributed by atoms with Gasteiger partial charge in [0.1, 0.15) is 13.2 Å². The lowest BCUT2D eigenvalue weighted by Crippen LogP contribution is -2.30. The molecule has 0 spiro atoms. The summed E-state index contributed by atoms with van der Waals surface area (Å²) in [6.07, 6.45) is 84.3. The first kappa shape index (κ1) is 75.4. The van der Waals surface area contributed by atoms with Crippen LogP contribution in [-0.2, 0) is 28.6 Å². The number of hydrogen-bond donors (Lipinski definition) is 0. The lowest BCUT2D eigenvalue weighted by molar-refractivity contribution is -0.167. The molecule has 0 aliphatic carbocycles. The second kappa shape index (κ2) is 66.9. The molecule has 0 rings (SSSR count). The number of carbonyl (C=O) groups excluding carboxylic acids is 3. The molecule has 0 fully saturated rings. The highest BCUT2D eigenvalue weighted by Gasteiger charge is 2.19. The van der Waals surface area contributed by atoms with E-state index in [1.807, 2.05) is 0 Å². The summed E-state index contributed by atoms with van der Waals surface area (Å²) in [5.74, 6) is -0.880. The van der Waals surface area contributed by atoms with Gasteiger partial charge in [-0.15, -0.1) is 0 Å². The minimum absolute atomic E-state index is 0.0780. The van der Waals surface area contributed by atoms with Gasteiger partial charge in [-0.05, 0) is 103 Å². The molecular formula is C72H132O6. The van der Waals surface area contributed by atoms with Crippen LogP contribution in [0, 0.1) is 0 Å². The summed E-state index contributed by atoms with van der Waals surface area (Å²) in [5, 5.41) is 0. The third-order valence-corrected chi connectivity index (χ3v) is 15.5. The first-order chi connectivity index (χ1) is 38.5. The van der Waals surface area contributed by atoms with E-state index in [9.17, 15) is 14.4 Å². The number of rotatable bonds is 64. The maximum Gasteiger partial charge on any atom is 0.306 e.